The first-order valence-corrected chi connectivity index (χ1v) is 10.3. The van der Waals surface area contributed by atoms with Crippen LogP contribution in [0.2, 0.25) is 0 Å². The Hall–Kier alpha value is -1.97. The molecule has 1 heterocycles. The molecule has 1 radical (unpaired) electrons. The van der Waals surface area contributed by atoms with Gasteiger partial charge in [-0.25, -0.2) is 0 Å². The van der Waals surface area contributed by atoms with E-state index in [-0.39, 0.29) is 11.8 Å². The summed E-state index contributed by atoms with van der Waals surface area (Å²) >= 11 is 0. The normalized spacial score (nSPS) is 15.5. The van der Waals surface area contributed by atoms with Crippen molar-refractivity contribution in [2.75, 3.05) is 0 Å². The van der Waals surface area contributed by atoms with Gasteiger partial charge < -0.3 is 9.97 Å². The number of hydrogen-bond acceptors (Lipinski definition) is 2. The lowest BCUT2D eigenvalue weighted by molar-refractivity contribution is -0.121. The summed E-state index contributed by atoms with van der Waals surface area (Å²) in [4.78, 5) is 11.6. The van der Waals surface area contributed by atoms with Crippen LogP contribution in [0, 0.1) is 5.92 Å². The van der Waals surface area contributed by atoms with Crippen LogP contribution in [0.5, 0.6) is 5.75 Å². The molecule has 2 rings (SSSR count). The molecule has 4 heteroatoms. The Balaban J connectivity index is 1.96. The highest BCUT2D eigenvalue weighted by molar-refractivity contribution is 6.32. The van der Waals surface area contributed by atoms with E-state index < -0.39 is 0 Å². The van der Waals surface area contributed by atoms with Crippen LogP contribution in [-0.2, 0) is 11.2 Å². The lowest BCUT2D eigenvalue weighted by Crippen LogP contribution is -2.44. The zero-order valence-corrected chi connectivity index (χ0v) is 17.1. The lowest BCUT2D eigenvalue weighted by atomic mass is 9.78. The number of hydrogen-bond donors (Lipinski definition) is 1. The van der Waals surface area contributed by atoms with Gasteiger partial charge in [0.05, 0.1) is 0 Å². The Morgan fingerprint density at radius 2 is 2.00 bits per heavy atom. The minimum Gasteiger partial charge on any atom is -0.560 e. The van der Waals surface area contributed by atoms with Crippen LogP contribution < -0.4 is 9.97 Å². The van der Waals surface area contributed by atoms with Crippen LogP contribution in [0.25, 0.3) is 5.57 Å². The molecule has 1 aliphatic heterocycles. The molecular formula is C23H33BNO2. The van der Waals surface area contributed by atoms with E-state index in [0.717, 1.165) is 48.1 Å². The predicted molar refractivity (Wildman–Crippen MR) is 115 cm³/mol. The standard InChI is InChI=1S/C23H33BNO2/c1-6-18(7-2)16(4)11-9-12-17(5)20-14-10-13-19-15-21(24-27-23(19)20)25-22(26)8-3/h10,13-14,18,21H,4-9,11-12,15H2,1-3H3,(H,25,26). The Kier molecular flexibility index (Phi) is 8.21. The molecule has 145 valence electrons. The molecule has 0 fully saturated rings. The van der Waals surface area contributed by atoms with Crippen LogP contribution in [0.4, 0.5) is 0 Å². The number of allylic oxidation sites excluding steroid dienone is 2. The number of carbonyl (C=O) groups excluding carboxylic acids is 1. The quantitative estimate of drug-likeness (QED) is 0.453. The van der Waals surface area contributed by atoms with Crippen molar-refractivity contribution in [1.82, 2.24) is 5.32 Å². The number of carbonyl (C=O) groups is 1. The van der Waals surface area contributed by atoms with Gasteiger partial charge in [-0.05, 0) is 55.6 Å². The number of para-hydroxylation sites is 1. The fraction of sp³-hybridized carbons (Fsp3) is 0.522. The first-order chi connectivity index (χ1) is 13.0. The number of amides is 1. The summed E-state index contributed by atoms with van der Waals surface area (Å²) in [7, 11) is 1.74. The van der Waals surface area contributed by atoms with Gasteiger partial charge in [-0.3, -0.25) is 4.79 Å². The van der Waals surface area contributed by atoms with E-state index in [1.165, 1.54) is 18.4 Å². The van der Waals surface area contributed by atoms with Crippen molar-refractivity contribution < 1.29 is 9.45 Å². The van der Waals surface area contributed by atoms with Crippen molar-refractivity contribution >= 4 is 19.0 Å². The van der Waals surface area contributed by atoms with Crippen LogP contribution in [-0.4, -0.2) is 19.3 Å². The zero-order valence-electron chi connectivity index (χ0n) is 17.1. The van der Waals surface area contributed by atoms with Crippen molar-refractivity contribution in [1.29, 1.82) is 0 Å². The van der Waals surface area contributed by atoms with Gasteiger partial charge in [0.25, 0.3) is 0 Å². The molecule has 0 aliphatic carbocycles. The predicted octanol–water partition coefficient (Wildman–Crippen LogP) is 5.27. The van der Waals surface area contributed by atoms with E-state index in [2.05, 4.69) is 50.5 Å². The molecule has 1 amide bonds. The molecule has 3 nitrogen and oxygen atoms in total. The second-order valence-electron chi connectivity index (χ2n) is 7.41. The Morgan fingerprint density at radius 3 is 2.67 bits per heavy atom. The highest BCUT2D eigenvalue weighted by atomic mass is 16.4. The summed E-state index contributed by atoms with van der Waals surface area (Å²) in [5.74, 6) is 1.50. The van der Waals surface area contributed by atoms with Crippen LogP contribution in [0.1, 0.15) is 70.4 Å². The van der Waals surface area contributed by atoms with Crippen molar-refractivity contribution in [3.05, 3.63) is 48.1 Å². The molecule has 1 aromatic carbocycles. The SMILES string of the molecule is C=C(CCCC(=C)C(CC)CC)c1cccc2c1O[B]C(NC(=O)CC)C2. The maximum absolute atomic E-state index is 11.6. The topological polar surface area (TPSA) is 38.3 Å². The number of rotatable bonds is 10. The molecule has 1 unspecified atom stereocenters. The second kappa shape index (κ2) is 10.4. The maximum atomic E-state index is 11.6. The molecule has 0 saturated heterocycles. The van der Waals surface area contributed by atoms with E-state index >= 15 is 0 Å². The molecule has 1 aliphatic rings. The van der Waals surface area contributed by atoms with Gasteiger partial charge in [0.2, 0.25) is 5.91 Å². The minimum atomic E-state index is -0.0724. The van der Waals surface area contributed by atoms with E-state index in [0.29, 0.717) is 12.3 Å². The van der Waals surface area contributed by atoms with Crippen molar-refractivity contribution in [3.8, 4) is 5.75 Å². The Labute approximate surface area is 165 Å². The monoisotopic (exact) mass is 366 g/mol. The van der Waals surface area contributed by atoms with Crippen molar-refractivity contribution in [3.63, 3.8) is 0 Å². The first kappa shape index (κ1) is 21.3. The fourth-order valence-corrected chi connectivity index (χ4v) is 3.73. The molecule has 0 aromatic heterocycles. The van der Waals surface area contributed by atoms with E-state index in [9.17, 15) is 4.79 Å². The summed E-state index contributed by atoms with van der Waals surface area (Å²) in [5.41, 5.74) is 4.67. The number of fused-ring (bicyclic) bond motifs is 1. The highest BCUT2D eigenvalue weighted by Crippen LogP contribution is 2.35. The lowest BCUT2D eigenvalue weighted by Gasteiger charge is -2.27. The summed E-state index contributed by atoms with van der Waals surface area (Å²) in [6.07, 6.45) is 6.64. The molecule has 0 spiro atoms. The molecule has 0 bridgehead atoms. The summed E-state index contributed by atoms with van der Waals surface area (Å²) in [6, 6.07) is 6.20. The first-order valence-electron chi connectivity index (χ1n) is 10.3. The largest absolute Gasteiger partial charge is 0.560 e. The molecule has 1 aromatic rings. The van der Waals surface area contributed by atoms with Crippen LogP contribution in [0.15, 0.2) is 36.9 Å². The zero-order chi connectivity index (χ0) is 19.8. The number of nitrogens with one attached hydrogen (secondary N) is 1. The molecule has 0 saturated carbocycles. The smallest absolute Gasteiger partial charge is 0.394 e. The van der Waals surface area contributed by atoms with Gasteiger partial charge >= 0.3 is 7.48 Å². The average molecular weight is 366 g/mol. The molecule has 27 heavy (non-hydrogen) atoms. The van der Waals surface area contributed by atoms with Gasteiger partial charge in [0, 0.05) is 17.9 Å². The maximum Gasteiger partial charge on any atom is 0.394 e. The second-order valence-corrected chi connectivity index (χ2v) is 7.41. The molecular weight excluding hydrogens is 333 g/mol. The van der Waals surface area contributed by atoms with Gasteiger partial charge in [-0.2, -0.15) is 0 Å². The summed E-state index contributed by atoms with van der Waals surface area (Å²) < 4.78 is 5.92. The average Bonchev–Trinajstić information content (AvgIpc) is 2.68. The third-order valence-electron chi connectivity index (χ3n) is 5.47. The summed E-state index contributed by atoms with van der Waals surface area (Å²) in [5, 5.41) is 2.97. The van der Waals surface area contributed by atoms with Gasteiger partial charge in [-0.1, -0.05) is 57.7 Å². The Morgan fingerprint density at radius 1 is 1.26 bits per heavy atom. The van der Waals surface area contributed by atoms with E-state index in [4.69, 9.17) is 4.65 Å². The van der Waals surface area contributed by atoms with Crippen molar-refractivity contribution in [2.24, 2.45) is 5.92 Å². The number of benzene rings is 1. The minimum absolute atomic E-state index is 0.0431. The molecule has 1 N–H and O–H groups in total. The fourth-order valence-electron chi connectivity index (χ4n) is 3.73. The van der Waals surface area contributed by atoms with Gasteiger partial charge in [-0.15, -0.1) is 0 Å². The van der Waals surface area contributed by atoms with Crippen LogP contribution >= 0.6 is 0 Å². The molecule has 1 atom stereocenters. The Bertz CT molecular complexity index is 679. The van der Waals surface area contributed by atoms with Gasteiger partial charge in [0.1, 0.15) is 5.75 Å². The summed E-state index contributed by atoms with van der Waals surface area (Å²) in [6.45, 7) is 14.9. The van der Waals surface area contributed by atoms with E-state index in [1.807, 2.05) is 6.92 Å². The van der Waals surface area contributed by atoms with Crippen LogP contribution in [0.3, 0.4) is 0 Å². The highest BCUT2D eigenvalue weighted by Gasteiger charge is 2.25. The van der Waals surface area contributed by atoms with Crippen molar-refractivity contribution in [2.45, 2.75) is 71.7 Å². The third-order valence-corrected chi connectivity index (χ3v) is 5.47. The van der Waals surface area contributed by atoms with Gasteiger partial charge in [0.15, 0.2) is 0 Å². The van der Waals surface area contributed by atoms with E-state index in [1.54, 1.807) is 7.48 Å². The third kappa shape index (κ3) is 5.75.